The Morgan fingerprint density at radius 3 is 2.58 bits per heavy atom. The molecule has 2 fully saturated rings. The number of likely N-dealkylation sites (N-methyl/N-ethyl adjacent to an activating group) is 1. The molecular weight excluding hydrogens is 593 g/mol. The maximum absolute atomic E-state index is 15.7. The Kier molecular flexibility index (Phi) is 9.45. The van der Waals surface area contributed by atoms with Crippen molar-refractivity contribution >= 4 is 17.3 Å². The number of hydrogen-bond acceptors (Lipinski definition) is 7. The van der Waals surface area contributed by atoms with Crippen LogP contribution in [0.5, 0.6) is 6.01 Å². The third-order valence-electron chi connectivity index (χ3n) is 10.00. The lowest BCUT2D eigenvalue weighted by atomic mass is 9.71. The van der Waals surface area contributed by atoms with Gasteiger partial charge in [0, 0.05) is 42.2 Å². The fourth-order valence-corrected chi connectivity index (χ4v) is 7.58. The van der Waals surface area contributed by atoms with Gasteiger partial charge in [-0.15, -0.1) is 0 Å². The van der Waals surface area contributed by atoms with Crippen LogP contribution in [-0.2, 0) is 23.8 Å². The summed E-state index contributed by atoms with van der Waals surface area (Å²) in [6.45, 7) is 9.80. The van der Waals surface area contributed by atoms with Gasteiger partial charge in [-0.2, -0.15) is 23.1 Å². The van der Waals surface area contributed by atoms with Crippen molar-refractivity contribution in [3.8, 4) is 6.01 Å². The summed E-state index contributed by atoms with van der Waals surface area (Å²) in [4.78, 5) is 25.9. The first-order valence-electron chi connectivity index (χ1n) is 15.7. The van der Waals surface area contributed by atoms with Crippen molar-refractivity contribution in [1.82, 2.24) is 14.9 Å². The molecule has 2 saturated heterocycles. The average molecular weight is 636 g/mol. The molecule has 6 atom stereocenters. The Morgan fingerprint density at radius 1 is 1.24 bits per heavy atom. The van der Waals surface area contributed by atoms with Gasteiger partial charge in [0.15, 0.2) is 5.78 Å². The maximum Gasteiger partial charge on any atom is 0.417 e. The van der Waals surface area contributed by atoms with Gasteiger partial charge in [-0.3, -0.25) is 9.69 Å². The fraction of sp³-hybridized carbons (Fsp3) is 0.606. The molecule has 0 amide bonds. The van der Waals surface area contributed by atoms with Crippen LogP contribution in [0.25, 0.3) is 0 Å². The number of nitrogens with zero attached hydrogens (tertiary/aromatic N) is 4. The molecule has 0 spiro atoms. The van der Waals surface area contributed by atoms with E-state index in [1.54, 1.807) is 0 Å². The minimum Gasteiger partial charge on any atom is -0.462 e. The fourth-order valence-electron chi connectivity index (χ4n) is 7.58. The van der Waals surface area contributed by atoms with Crippen LogP contribution in [0.15, 0.2) is 18.7 Å². The molecule has 2 aliphatic heterocycles. The normalized spacial score (nSPS) is 27.4. The number of nitrogens with two attached hydrogens (primary N) is 1. The predicted octanol–water partition coefficient (Wildman–Crippen LogP) is 6.21. The molecule has 3 aliphatic rings. The molecule has 1 aromatic heterocycles. The smallest absolute Gasteiger partial charge is 0.417 e. The van der Waals surface area contributed by atoms with E-state index in [4.69, 9.17) is 20.4 Å². The molecular formula is C33H42F5N5O2. The Hall–Kier alpha value is -3.28. The molecule has 0 saturated carbocycles. The summed E-state index contributed by atoms with van der Waals surface area (Å²) in [6.07, 6.45) is -2.02. The lowest BCUT2D eigenvalue weighted by Gasteiger charge is -2.41. The van der Waals surface area contributed by atoms with Crippen LogP contribution < -0.4 is 15.4 Å². The first-order chi connectivity index (χ1) is 21.2. The molecule has 5 rings (SSSR count). The lowest BCUT2D eigenvalue weighted by molar-refractivity contribution is -0.139. The number of carbonyl (C=O) groups is 1. The lowest BCUT2D eigenvalue weighted by Crippen LogP contribution is -2.44. The van der Waals surface area contributed by atoms with E-state index >= 15 is 4.39 Å². The first kappa shape index (κ1) is 33.1. The summed E-state index contributed by atoms with van der Waals surface area (Å²) in [7, 11) is 1.82. The van der Waals surface area contributed by atoms with Gasteiger partial charge in [0.2, 0.25) is 0 Å². The Labute approximate surface area is 261 Å². The van der Waals surface area contributed by atoms with E-state index in [0.717, 1.165) is 11.6 Å². The van der Waals surface area contributed by atoms with Crippen LogP contribution in [-0.4, -0.2) is 65.7 Å². The number of carbonyl (C=O) groups excluding carboxylic acids is 1. The van der Waals surface area contributed by atoms with Crippen molar-refractivity contribution in [3.63, 3.8) is 0 Å². The van der Waals surface area contributed by atoms with Gasteiger partial charge in [-0.25, -0.2) is 8.78 Å². The number of piperidine rings is 1. The van der Waals surface area contributed by atoms with Gasteiger partial charge >= 0.3 is 12.2 Å². The molecule has 1 aromatic carbocycles. The SMILES string of the molecule is C=CC(=O)C1CCN(c2nc(OC[C@@H]3C[C@@H](F)CN3C)nc3c2C[C@@H](CC)[C@H](c2c(F)c(N)cc(C)c2C(F)(F)F)C3)[C@@H](C)C1. The number of ketones is 1. The van der Waals surface area contributed by atoms with Crippen LogP contribution in [0.4, 0.5) is 33.5 Å². The van der Waals surface area contributed by atoms with E-state index in [-0.39, 0.29) is 60.0 Å². The maximum atomic E-state index is 15.7. The van der Waals surface area contributed by atoms with Crippen LogP contribution in [0, 0.1) is 24.6 Å². The highest BCUT2D eigenvalue weighted by Gasteiger charge is 2.44. The molecule has 2 aromatic rings. The predicted molar refractivity (Wildman–Crippen MR) is 163 cm³/mol. The van der Waals surface area contributed by atoms with Crippen LogP contribution in [0.1, 0.15) is 73.4 Å². The first-order valence-corrected chi connectivity index (χ1v) is 15.7. The van der Waals surface area contributed by atoms with Crippen molar-refractivity contribution in [2.75, 3.05) is 37.4 Å². The summed E-state index contributed by atoms with van der Waals surface area (Å²) < 4.78 is 79.0. The molecule has 1 unspecified atom stereocenters. The van der Waals surface area contributed by atoms with Crippen molar-refractivity contribution in [1.29, 1.82) is 0 Å². The zero-order chi connectivity index (χ0) is 32.8. The zero-order valence-corrected chi connectivity index (χ0v) is 26.3. The van der Waals surface area contributed by atoms with E-state index < -0.39 is 35.2 Å². The number of aryl methyl sites for hydroxylation is 1. The summed E-state index contributed by atoms with van der Waals surface area (Å²) in [5.41, 5.74) is 5.34. The number of allylic oxidation sites excluding steroid dienone is 1. The number of aromatic nitrogens is 2. The molecule has 45 heavy (non-hydrogen) atoms. The number of nitrogen functional groups attached to an aromatic ring is 1. The van der Waals surface area contributed by atoms with Crippen molar-refractivity contribution in [2.24, 2.45) is 11.8 Å². The highest BCUT2D eigenvalue weighted by molar-refractivity contribution is 5.91. The van der Waals surface area contributed by atoms with E-state index in [1.807, 2.05) is 25.8 Å². The second-order valence-electron chi connectivity index (χ2n) is 12.9. The summed E-state index contributed by atoms with van der Waals surface area (Å²) in [5.74, 6) is -1.76. The van der Waals surface area contributed by atoms with Crippen LogP contribution in [0.2, 0.25) is 0 Å². The molecule has 0 radical (unpaired) electrons. The topological polar surface area (TPSA) is 84.6 Å². The van der Waals surface area contributed by atoms with Crippen molar-refractivity contribution in [3.05, 3.63) is 52.5 Å². The Bertz CT molecular complexity index is 1450. The number of halogens is 5. The van der Waals surface area contributed by atoms with Gasteiger partial charge in [-0.1, -0.05) is 19.9 Å². The number of alkyl halides is 4. The highest BCUT2D eigenvalue weighted by Crippen LogP contribution is 2.48. The number of benzene rings is 1. The Morgan fingerprint density at radius 2 is 1.98 bits per heavy atom. The molecule has 246 valence electrons. The number of likely N-dealkylation sites (tertiary alicyclic amines) is 1. The Balaban J connectivity index is 1.58. The minimum absolute atomic E-state index is 0.00380. The number of hydrogen-bond donors (Lipinski definition) is 1. The third kappa shape index (κ3) is 6.53. The monoisotopic (exact) mass is 635 g/mol. The van der Waals surface area contributed by atoms with Gasteiger partial charge in [0.25, 0.3) is 0 Å². The van der Waals surface area contributed by atoms with Crippen LogP contribution in [0.3, 0.4) is 0 Å². The average Bonchev–Trinajstić information content (AvgIpc) is 3.31. The zero-order valence-electron chi connectivity index (χ0n) is 26.3. The third-order valence-corrected chi connectivity index (χ3v) is 10.00. The van der Waals surface area contributed by atoms with Gasteiger partial charge < -0.3 is 15.4 Å². The number of ether oxygens (including phenoxy) is 1. The van der Waals surface area contributed by atoms with Gasteiger partial charge in [-0.05, 0) is 82.5 Å². The van der Waals surface area contributed by atoms with E-state index in [1.165, 1.54) is 13.0 Å². The molecule has 7 nitrogen and oxygen atoms in total. The standard InChI is InChI=1S/C33H42F5N5O2/c1-6-19-12-24-26(14-23(19)28-29(33(36,37)38)17(3)10-25(39)30(28)35)40-32(45-16-22-13-21(34)15-42(22)5)41-31(24)43-9-8-20(11-18(43)4)27(44)7-2/h7,10,18-23H,2,6,8-9,11-16,39H2,1,3-5H3/t18-,19+,20?,21+,22-,23+/m0/s1. The molecule has 12 heteroatoms. The van der Waals surface area contributed by atoms with E-state index in [9.17, 15) is 22.4 Å². The highest BCUT2D eigenvalue weighted by atomic mass is 19.4. The van der Waals surface area contributed by atoms with Gasteiger partial charge in [0.1, 0.15) is 24.4 Å². The number of anilines is 2. The number of rotatable bonds is 8. The summed E-state index contributed by atoms with van der Waals surface area (Å²) in [6, 6.07) is 0.829. The largest absolute Gasteiger partial charge is 0.462 e. The van der Waals surface area contributed by atoms with Crippen molar-refractivity contribution in [2.45, 2.75) is 89.6 Å². The minimum atomic E-state index is -4.78. The van der Waals surface area contributed by atoms with Gasteiger partial charge in [0.05, 0.1) is 16.9 Å². The van der Waals surface area contributed by atoms with Crippen molar-refractivity contribution < 1.29 is 31.5 Å². The summed E-state index contributed by atoms with van der Waals surface area (Å²) >= 11 is 0. The quantitative estimate of drug-likeness (QED) is 0.210. The van der Waals surface area contributed by atoms with Crippen LogP contribution >= 0.6 is 0 Å². The van der Waals surface area contributed by atoms with E-state index in [0.29, 0.717) is 56.7 Å². The molecule has 3 heterocycles. The molecule has 1 aliphatic carbocycles. The van der Waals surface area contributed by atoms with E-state index in [2.05, 4.69) is 11.5 Å². The molecule has 0 bridgehead atoms. The summed E-state index contributed by atoms with van der Waals surface area (Å²) in [5, 5.41) is 0. The second-order valence-corrected chi connectivity index (χ2v) is 12.9. The molecule has 2 N–H and O–H groups in total. The number of fused-ring (bicyclic) bond motifs is 1. The second kappa shape index (κ2) is 12.8.